The van der Waals surface area contributed by atoms with Crippen molar-refractivity contribution in [2.24, 2.45) is 18.7 Å². The lowest BCUT2D eigenvalue weighted by Crippen LogP contribution is -2.36. The molecule has 1 aliphatic heterocycles. The zero-order chi connectivity index (χ0) is 10.7. The predicted octanol–water partition coefficient (Wildman–Crippen LogP) is 0.716. The van der Waals surface area contributed by atoms with E-state index in [1.807, 2.05) is 24.0 Å². The fourth-order valence-corrected chi connectivity index (χ4v) is 2.11. The summed E-state index contributed by atoms with van der Waals surface area (Å²) < 4.78 is 7.37. The monoisotopic (exact) mass is 209 g/mol. The number of nitrogens with two attached hydrogens (primary N) is 1. The van der Waals surface area contributed by atoms with Gasteiger partial charge in [0.2, 0.25) is 0 Å². The summed E-state index contributed by atoms with van der Waals surface area (Å²) in [6.07, 6.45) is 6.84. The number of imidazole rings is 1. The molecule has 2 rings (SSSR count). The fraction of sp³-hybridized carbons (Fsp3) is 0.727. The van der Waals surface area contributed by atoms with E-state index in [1.165, 1.54) is 0 Å². The number of hydrogen-bond acceptors (Lipinski definition) is 3. The molecule has 84 valence electrons. The van der Waals surface area contributed by atoms with Crippen LogP contribution in [-0.4, -0.2) is 28.8 Å². The van der Waals surface area contributed by atoms with Crippen LogP contribution in [0.3, 0.4) is 0 Å². The molecule has 0 radical (unpaired) electrons. The van der Waals surface area contributed by atoms with E-state index >= 15 is 0 Å². The van der Waals surface area contributed by atoms with Crippen molar-refractivity contribution < 1.29 is 4.74 Å². The van der Waals surface area contributed by atoms with Gasteiger partial charge in [0.1, 0.15) is 5.82 Å². The normalized spacial score (nSPS) is 20.4. The summed E-state index contributed by atoms with van der Waals surface area (Å²) in [6.45, 7) is 1.72. The predicted molar refractivity (Wildman–Crippen MR) is 58.4 cm³/mol. The third-order valence-electron chi connectivity index (χ3n) is 3.21. The third kappa shape index (κ3) is 2.58. The second-order valence-electron chi connectivity index (χ2n) is 4.27. The lowest BCUT2D eigenvalue weighted by atomic mass is 9.90. The van der Waals surface area contributed by atoms with E-state index in [1.54, 1.807) is 0 Å². The minimum atomic E-state index is 0.218. The van der Waals surface area contributed by atoms with Crippen LogP contribution >= 0.6 is 0 Å². The number of aryl methyl sites for hydroxylation is 1. The zero-order valence-electron chi connectivity index (χ0n) is 9.22. The minimum absolute atomic E-state index is 0.218. The molecular weight excluding hydrogens is 190 g/mol. The van der Waals surface area contributed by atoms with Crippen LogP contribution in [0.2, 0.25) is 0 Å². The van der Waals surface area contributed by atoms with Gasteiger partial charge in [-0.1, -0.05) is 0 Å². The van der Waals surface area contributed by atoms with Gasteiger partial charge < -0.3 is 15.0 Å². The van der Waals surface area contributed by atoms with E-state index < -0.39 is 0 Å². The van der Waals surface area contributed by atoms with Gasteiger partial charge in [-0.25, -0.2) is 4.98 Å². The van der Waals surface area contributed by atoms with Gasteiger partial charge in [-0.05, 0) is 18.8 Å². The molecule has 2 N–H and O–H groups in total. The van der Waals surface area contributed by atoms with Crippen molar-refractivity contribution in [3.63, 3.8) is 0 Å². The Morgan fingerprint density at radius 1 is 1.60 bits per heavy atom. The van der Waals surface area contributed by atoms with Crippen LogP contribution in [-0.2, 0) is 18.2 Å². The molecule has 0 amide bonds. The number of ether oxygens (including phenoxy) is 1. The molecule has 0 bridgehead atoms. The lowest BCUT2D eigenvalue weighted by molar-refractivity contribution is 0.0582. The number of aromatic nitrogens is 2. The van der Waals surface area contributed by atoms with Crippen molar-refractivity contribution in [2.75, 3.05) is 13.2 Å². The Hall–Kier alpha value is -0.870. The summed E-state index contributed by atoms with van der Waals surface area (Å²) in [5.74, 6) is 1.67. The first-order valence-electron chi connectivity index (χ1n) is 5.57. The first kappa shape index (κ1) is 10.6. The zero-order valence-corrected chi connectivity index (χ0v) is 9.22. The van der Waals surface area contributed by atoms with Gasteiger partial charge in [-0.3, -0.25) is 0 Å². The molecule has 1 aromatic heterocycles. The summed E-state index contributed by atoms with van der Waals surface area (Å²) in [7, 11) is 2.01. The maximum absolute atomic E-state index is 6.20. The van der Waals surface area contributed by atoms with Gasteiger partial charge in [-0.2, -0.15) is 0 Å². The van der Waals surface area contributed by atoms with E-state index in [-0.39, 0.29) is 6.04 Å². The van der Waals surface area contributed by atoms with Crippen LogP contribution in [0.4, 0.5) is 0 Å². The van der Waals surface area contributed by atoms with E-state index in [9.17, 15) is 0 Å². The maximum Gasteiger partial charge on any atom is 0.109 e. The van der Waals surface area contributed by atoms with Crippen LogP contribution in [0.25, 0.3) is 0 Å². The molecule has 0 spiro atoms. The molecule has 1 aliphatic rings. The van der Waals surface area contributed by atoms with Crippen molar-refractivity contribution in [3.8, 4) is 0 Å². The Morgan fingerprint density at radius 3 is 2.93 bits per heavy atom. The van der Waals surface area contributed by atoms with Gasteiger partial charge in [0.25, 0.3) is 0 Å². The summed E-state index contributed by atoms with van der Waals surface area (Å²) in [4.78, 5) is 4.30. The highest BCUT2D eigenvalue weighted by molar-refractivity contribution is 4.95. The summed E-state index contributed by atoms with van der Waals surface area (Å²) in [5.41, 5.74) is 6.20. The van der Waals surface area contributed by atoms with Crippen molar-refractivity contribution in [1.29, 1.82) is 0 Å². The highest BCUT2D eigenvalue weighted by atomic mass is 16.5. The second-order valence-corrected chi connectivity index (χ2v) is 4.27. The molecule has 0 saturated carbocycles. The number of nitrogens with zero attached hydrogens (tertiary/aromatic N) is 2. The van der Waals surface area contributed by atoms with Gasteiger partial charge in [0.05, 0.1) is 0 Å². The Kier molecular flexibility index (Phi) is 3.38. The summed E-state index contributed by atoms with van der Waals surface area (Å²) in [5, 5.41) is 0. The highest BCUT2D eigenvalue weighted by Gasteiger charge is 2.22. The van der Waals surface area contributed by atoms with Crippen LogP contribution in [0.5, 0.6) is 0 Å². The molecule has 4 nitrogen and oxygen atoms in total. The quantitative estimate of drug-likeness (QED) is 0.798. The molecule has 1 aromatic rings. The van der Waals surface area contributed by atoms with Crippen molar-refractivity contribution in [3.05, 3.63) is 18.2 Å². The standard InChI is InChI=1S/C11H19N3O/c1-14-5-4-13-11(14)8-10(12)9-2-6-15-7-3-9/h4-5,9-10H,2-3,6-8,12H2,1H3. The first-order valence-corrected chi connectivity index (χ1v) is 5.57. The van der Waals surface area contributed by atoms with E-state index in [4.69, 9.17) is 10.5 Å². The smallest absolute Gasteiger partial charge is 0.109 e. The summed E-state index contributed by atoms with van der Waals surface area (Å²) >= 11 is 0. The van der Waals surface area contributed by atoms with Gasteiger partial charge in [-0.15, -0.1) is 0 Å². The Morgan fingerprint density at radius 2 is 2.33 bits per heavy atom. The Balaban J connectivity index is 1.91. The molecule has 4 heteroatoms. The van der Waals surface area contributed by atoms with Crippen molar-refractivity contribution >= 4 is 0 Å². The number of hydrogen-bond donors (Lipinski definition) is 1. The van der Waals surface area contributed by atoms with Crippen LogP contribution in [0.1, 0.15) is 18.7 Å². The highest BCUT2D eigenvalue weighted by Crippen LogP contribution is 2.19. The average molecular weight is 209 g/mol. The molecule has 1 unspecified atom stereocenters. The van der Waals surface area contributed by atoms with Crippen molar-refractivity contribution in [1.82, 2.24) is 9.55 Å². The van der Waals surface area contributed by atoms with Crippen LogP contribution in [0.15, 0.2) is 12.4 Å². The summed E-state index contributed by atoms with van der Waals surface area (Å²) in [6, 6.07) is 0.218. The van der Waals surface area contributed by atoms with Gasteiger partial charge in [0, 0.05) is 45.1 Å². The van der Waals surface area contributed by atoms with Gasteiger partial charge >= 0.3 is 0 Å². The first-order chi connectivity index (χ1) is 7.27. The Bertz CT molecular complexity index is 305. The molecule has 1 atom stereocenters. The fourth-order valence-electron chi connectivity index (χ4n) is 2.11. The largest absolute Gasteiger partial charge is 0.381 e. The SMILES string of the molecule is Cn1ccnc1CC(N)C1CCOCC1. The second kappa shape index (κ2) is 4.77. The maximum atomic E-state index is 6.20. The van der Waals surface area contributed by atoms with Crippen LogP contribution < -0.4 is 5.73 Å². The molecule has 15 heavy (non-hydrogen) atoms. The van der Waals surface area contributed by atoms with E-state index in [0.717, 1.165) is 38.3 Å². The Labute approximate surface area is 90.4 Å². The molecule has 0 aromatic carbocycles. The third-order valence-corrected chi connectivity index (χ3v) is 3.21. The molecule has 0 aliphatic carbocycles. The van der Waals surface area contributed by atoms with E-state index in [2.05, 4.69) is 4.98 Å². The van der Waals surface area contributed by atoms with Gasteiger partial charge in [0.15, 0.2) is 0 Å². The van der Waals surface area contributed by atoms with Crippen LogP contribution in [0, 0.1) is 5.92 Å². The molecule has 1 saturated heterocycles. The molecule has 1 fully saturated rings. The molecule has 2 heterocycles. The lowest BCUT2D eigenvalue weighted by Gasteiger charge is -2.27. The average Bonchev–Trinajstić information content (AvgIpc) is 2.66. The number of rotatable bonds is 3. The topological polar surface area (TPSA) is 53.1 Å². The minimum Gasteiger partial charge on any atom is -0.381 e. The van der Waals surface area contributed by atoms with E-state index in [0.29, 0.717) is 5.92 Å². The van der Waals surface area contributed by atoms with Crippen molar-refractivity contribution in [2.45, 2.75) is 25.3 Å². The molecular formula is C11H19N3O.